The first-order chi connectivity index (χ1) is 11.8. The molecule has 9 heteroatoms. The number of carbonyl (C=O) groups is 3. The number of rotatable bonds is 6. The number of carboxylic acids is 2. The lowest BCUT2D eigenvalue weighted by Crippen LogP contribution is -2.45. The Morgan fingerprint density at radius 2 is 1.88 bits per heavy atom. The number of aliphatic carboxylic acids is 2. The monoisotopic (exact) mass is 381 g/mol. The van der Waals surface area contributed by atoms with E-state index in [1.54, 1.807) is 38.3 Å². The van der Waals surface area contributed by atoms with Crippen molar-refractivity contribution in [1.82, 2.24) is 4.90 Å². The summed E-state index contributed by atoms with van der Waals surface area (Å²) in [5.41, 5.74) is 1.38. The lowest BCUT2D eigenvalue weighted by atomic mass is 10.1. The van der Waals surface area contributed by atoms with Crippen LogP contribution in [0.15, 0.2) is 29.2 Å². The van der Waals surface area contributed by atoms with Crippen molar-refractivity contribution in [1.29, 1.82) is 0 Å². The Morgan fingerprint density at radius 1 is 1.28 bits per heavy atom. The SMILES string of the molecule is COc1ccc(/C(C)=C2/SC(=S)N(C(CC(=O)O)C(=O)O)C2=O)cc1. The van der Waals surface area contributed by atoms with E-state index >= 15 is 0 Å². The van der Waals surface area contributed by atoms with E-state index in [2.05, 4.69) is 0 Å². The van der Waals surface area contributed by atoms with Gasteiger partial charge in [0.25, 0.3) is 5.91 Å². The highest BCUT2D eigenvalue weighted by molar-refractivity contribution is 8.26. The lowest BCUT2D eigenvalue weighted by molar-refractivity contribution is -0.150. The van der Waals surface area contributed by atoms with Crippen LogP contribution in [-0.4, -0.2) is 50.4 Å². The van der Waals surface area contributed by atoms with Gasteiger partial charge in [-0.1, -0.05) is 36.1 Å². The Bertz CT molecular complexity index is 771. The summed E-state index contributed by atoms with van der Waals surface area (Å²) in [4.78, 5) is 36.1. The molecule has 1 heterocycles. The van der Waals surface area contributed by atoms with Crippen LogP contribution < -0.4 is 4.74 Å². The topological polar surface area (TPSA) is 104 Å². The second-order valence-corrected chi connectivity index (χ2v) is 6.82. The molecule has 0 spiro atoms. The molecule has 0 aliphatic carbocycles. The van der Waals surface area contributed by atoms with E-state index in [1.165, 1.54) is 0 Å². The molecular formula is C16H15NO6S2. The van der Waals surface area contributed by atoms with Gasteiger partial charge in [-0.2, -0.15) is 0 Å². The van der Waals surface area contributed by atoms with Crippen molar-refractivity contribution in [3.05, 3.63) is 34.7 Å². The molecular weight excluding hydrogens is 366 g/mol. The summed E-state index contributed by atoms with van der Waals surface area (Å²) < 4.78 is 5.12. The van der Waals surface area contributed by atoms with Gasteiger partial charge in [-0.05, 0) is 30.2 Å². The molecule has 1 aromatic rings. The van der Waals surface area contributed by atoms with Crippen LogP contribution in [0.4, 0.5) is 0 Å². The zero-order valence-electron chi connectivity index (χ0n) is 13.4. The van der Waals surface area contributed by atoms with Gasteiger partial charge >= 0.3 is 11.9 Å². The molecule has 1 aromatic carbocycles. The lowest BCUT2D eigenvalue weighted by Gasteiger charge is -2.21. The molecule has 25 heavy (non-hydrogen) atoms. The fourth-order valence-corrected chi connectivity index (χ4v) is 3.70. The van der Waals surface area contributed by atoms with Crippen molar-refractivity contribution >= 4 is 51.7 Å². The minimum absolute atomic E-state index is 0.0292. The summed E-state index contributed by atoms with van der Waals surface area (Å²) in [6.07, 6.45) is -0.726. The number of carboxylic acid groups (broad SMARTS) is 2. The molecule has 132 valence electrons. The summed E-state index contributed by atoms with van der Waals surface area (Å²) in [5.74, 6) is -2.67. The number of nitrogens with zero attached hydrogens (tertiary/aromatic N) is 1. The molecule has 0 radical (unpaired) electrons. The molecule has 0 bridgehead atoms. The summed E-state index contributed by atoms with van der Waals surface area (Å²) >= 11 is 6.08. The maximum absolute atomic E-state index is 12.7. The molecule has 1 fully saturated rings. The zero-order valence-corrected chi connectivity index (χ0v) is 15.0. The van der Waals surface area contributed by atoms with E-state index in [1.807, 2.05) is 0 Å². The first-order valence-electron chi connectivity index (χ1n) is 7.11. The number of hydrogen-bond donors (Lipinski definition) is 2. The molecule has 1 unspecified atom stereocenters. The van der Waals surface area contributed by atoms with Crippen molar-refractivity contribution in [2.24, 2.45) is 0 Å². The molecule has 1 aliphatic heterocycles. The van der Waals surface area contributed by atoms with Crippen LogP contribution in [0, 0.1) is 0 Å². The van der Waals surface area contributed by atoms with Gasteiger partial charge in [-0.3, -0.25) is 14.5 Å². The summed E-state index contributed by atoms with van der Waals surface area (Å²) in [5, 5.41) is 18.2. The number of methoxy groups -OCH3 is 1. The van der Waals surface area contributed by atoms with Gasteiger partial charge in [0.1, 0.15) is 16.1 Å². The maximum Gasteiger partial charge on any atom is 0.327 e. The highest BCUT2D eigenvalue weighted by Gasteiger charge is 2.42. The van der Waals surface area contributed by atoms with E-state index in [0.717, 1.165) is 22.2 Å². The van der Waals surface area contributed by atoms with Crippen LogP contribution in [0.3, 0.4) is 0 Å². The average Bonchev–Trinajstić information content (AvgIpc) is 2.86. The maximum atomic E-state index is 12.7. The van der Waals surface area contributed by atoms with Gasteiger partial charge in [-0.15, -0.1) is 0 Å². The van der Waals surface area contributed by atoms with Gasteiger partial charge in [0.2, 0.25) is 0 Å². The number of thiocarbonyl (C=S) groups is 1. The fraction of sp³-hybridized carbons (Fsp3) is 0.250. The minimum atomic E-state index is -1.54. The smallest absolute Gasteiger partial charge is 0.327 e. The predicted molar refractivity (Wildman–Crippen MR) is 96.3 cm³/mol. The van der Waals surface area contributed by atoms with Crippen LogP contribution in [0.5, 0.6) is 5.75 Å². The number of thioether (sulfide) groups is 1. The summed E-state index contributed by atoms with van der Waals surface area (Å²) in [6, 6.07) is 5.49. The standard InChI is InChI=1S/C16H15NO6S2/c1-8(9-3-5-10(23-2)6-4-9)13-14(20)17(16(24)25-13)11(15(21)22)7-12(18)19/h3-6,11H,7H2,1-2H3,(H,18,19)(H,21,22)/b13-8+. The van der Waals surface area contributed by atoms with Crippen LogP contribution in [0.25, 0.3) is 5.57 Å². The number of carbonyl (C=O) groups excluding carboxylic acids is 1. The van der Waals surface area contributed by atoms with E-state index in [9.17, 15) is 19.5 Å². The average molecular weight is 381 g/mol. The van der Waals surface area contributed by atoms with Crippen molar-refractivity contribution in [2.75, 3.05) is 7.11 Å². The summed E-state index contributed by atoms with van der Waals surface area (Å²) in [7, 11) is 1.54. The predicted octanol–water partition coefficient (Wildman–Crippen LogP) is 2.21. The third-order valence-corrected chi connectivity index (χ3v) is 5.13. The van der Waals surface area contributed by atoms with Gasteiger partial charge in [-0.25, -0.2) is 4.79 Å². The molecule has 2 N–H and O–H groups in total. The Labute approximate surface area is 153 Å². The van der Waals surface area contributed by atoms with Gasteiger partial charge in [0, 0.05) is 0 Å². The van der Waals surface area contributed by atoms with Crippen molar-refractivity contribution in [3.63, 3.8) is 0 Å². The Balaban J connectivity index is 2.38. The molecule has 0 saturated carbocycles. The van der Waals surface area contributed by atoms with E-state index in [4.69, 9.17) is 22.1 Å². The Kier molecular flexibility index (Phi) is 5.81. The Morgan fingerprint density at radius 3 is 2.36 bits per heavy atom. The van der Waals surface area contributed by atoms with Gasteiger partial charge in [0.15, 0.2) is 0 Å². The highest BCUT2D eigenvalue weighted by atomic mass is 32.2. The van der Waals surface area contributed by atoms with Crippen LogP contribution in [0.2, 0.25) is 0 Å². The van der Waals surface area contributed by atoms with Gasteiger partial charge in [0.05, 0.1) is 18.4 Å². The first kappa shape index (κ1) is 18.9. The minimum Gasteiger partial charge on any atom is -0.497 e. The van der Waals surface area contributed by atoms with Crippen LogP contribution in [0.1, 0.15) is 18.9 Å². The van der Waals surface area contributed by atoms with Crippen molar-refractivity contribution < 1.29 is 29.3 Å². The highest BCUT2D eigenvalue weighted by Crippen LogP contribution is 2.38. The molecule has 2 rings (SSSR count). The van der Waals surface area contributed by atoms with Crippen LogP contribution in [-0.2, 0) is 14.4 Å². The van der Waals surface area contributed by atoms with Gasteiger partial charge < -0.3 is 14.9 Å². The largest absolute Gasteiger partial charge is 0.497 e. The first-order valence-corrected chi connectivity index (χ1v) is 8.34. The van der Waals surface area contributed by atoms with Crippen molar-refractivity contribution in [3.8, 4) is 5.75 Å². The third-order valence-electron chi connectivity index (χ3n) is 3.63. The molecule has 1 aliphatic rings. The number of amides is 1. The Hall–Kier alpha value is -2.39. The molecule has 1 atom stereocenters. The fourth-order valence-electron chi connectivity index (χ4n) is 2.30. The molecule has 7 nitrogen and oxygen atoms in total. The molecule has 1 saturated heterocycles. The molecule has 0 aromatic heterocycles. The van der Waals surface area contributed by atoms with E-state index < -0.39 is 30.3 Å². The van der Waals surface area contributed by atoms with E-state index in [0.29, 0.717) is 11.3 Å². The number of hydrogen-bond acceptors (Lipinski definition) is 6. The third kappa shape index (κ3) is 3.99. The second-order valence-electron chi connectivity index (χ2n) is 5.18. The number of benzene rings is 1. The normalized spacial score (nSPS) is 17.4. The number of allylic oxidation sites excluding steroid dienone is 1. The van der Waals surface area contributed by atoms with E-state index in [-0.39, 0.29) is 9.23 Å². The number of ether oxygens (including phenoxy) is 1. The summed E-state index contributed by atoms with van der Waals surface area (Å²) in [6.45, 7) is 1.72. The second kappa shape index (κ2) is 7.66. The van der Waals surface area contributed by atoms with Crippen molar-refractivity contribution in [2.45, 2.75) is 19.4 Å². The quantitative estimate of drug-likeness (QED) is 0.571. The molecule has 1 amide bonds. The zero-order chi connectivity index (χ0) is 18.7. The van der Waals surface area contributed by atoms with Crippen LogP contribution >= 0.6 is 24.0 Å².